The number of benzene rings is 1. The minimum Gasteiger partial charge on any atom is -0.356 e. The number of hydrogen-bond donors (Lipinski definition) is 2. The molecular weight excluding hydrogens is 463 g/mol. The Morgan fingerprint density at radius 2 is 1.82 bits per heavy atom. The topological polar surface area (TPSA) is 56.7 Å². The average Bonchev–Trinajstić information content (AvgIpc) is 2.72. The largest absolute Gasteiger partial charge is 0.356 e. The third kappa shape index (κ3) is 7.81. The minimum absolute atomic E-state index is 0. The van der Waals surface area contributed by atoms with E-state index in [2.05, 4.69) is 21.7 Å². The van der Waals surface area contributed by atoms with Gasteiger partial charge in [0.05, 0.1) is 0 Å². The summed E-state index contributed by atoms with van der Waals surface area (Å²) in [5.74, 6) is 0.906. The molecule has 1 amide bonds. The SMILES string of the molecule is CCN(CC)C(=O)c1ccc(CNC(=NC)NCCC2=CCCCC2)cc1.I. The number of rotatable bonds is 8. The van der Waals surface area contributed by atoms with Gasteiger partial charge in [0.25, 0.3) is 5.91 Å². The Labute approximate surface area is 187 Å². The summed E-state index contributed by atoms with van der Waals surface area (Å²) >= 11 is 0. The van der Waals surface area contributed by atoms with E-state index in [1.54, 1.807) is 12.6 Å². The Bertz CT molecular complexity index is 651. The van der Waals surface area contributed by atoms with Gasteiger partial charge < -0.3 is 15.5 Å². The van der Waals surface area contributed by atoms with Crippen LogP contribution in [0.1, 0.15) is 61.9 Å². The molecule has 1 aromatic rings. The number of halogens is 1. The molecule has 1 aromatic carbocycles. The molecule has 2 rings (SSSR count). The zero-order valence-corrected chi connectivity index (χ0v) is 19.8. The van der Waals surface area contributed by atoms with Crippen LogP contribution in [-0.2, 0) is 6.54 Å². The quantitative estimate of drug-likeness (QED) is 0.243. The van der Waals surface area contributed by atoms with E-state index in [0.29, 0.717) is 6.54 Å². The van der Waals surface area contributed by atoms with Gasteiger partial charge in [-0.1, -0.05) is 23.8 Å². The van der Waals surface area contributed by atoms with E-state index in [0.717, 1.165) is 43.1 Å². The van der Waals surface area contributed by atoms with Crippen molar-refractivity contribution < 1.29 is 4.79 Å². The lowest BCUT2D eigenvalue weighted by Gasteiger charge is -2.18. The highest BCUT2D eigenvalue weighted by Gasteiger charge is 2.12. The van der Waals surface area contributed by atoms with Crippen LogP contribution in [0.2, 0.25) is 0 Å². The molecule has 2 N–H and O–H groups in total. The van der Waals surface area contributed by atoms with E-state index in [-0.39, 0.29) is 29.9 Å². The molecule has 0 atom stereocenters. The molecule has 6 heteroatoms. The van der Waals surface area contributed by atoms with Crippen LogP contribution in [-0.4, -0.2) is 43.4 Å². The van der Waals surface area contributed by atoms with Gasteiger partial charge in [-0.05, 0) is 63.6 Å². The molecule has 1 aliphatic carbocycles. The number of carbonyl (C=O) groups excluding carboxylic acids is 1. The molecule has 5 nitrogen and oxygen atoms in total. The number of nitrogens with one attached hydrogen (secondary N) is 2. The van der Waals surface area contributed by atoms with Gasteiger partial charge in [-0.25, -0.2) is 0 Å². The van der Waals surface area contributed by atoms with Crippen molar-refractivity contribution in [2.75, 3.05) is 26.7 Å². The molecule has 0 radical (unpaired) electrons. The van der Waals surface area contributed by atoms with E-state index in [1.165, 1.54) is 25.7 Å². The number of guanidine groups is 1. The summed E-state index contributed by atoms with van der Waals surface area (Å²) < 4.78 is 0. The molecular formula is C22H35IN4O. The van der Waals surface area contributed by atoms with Gasteiger partial charge in [-0.3, -0.25) is 9.79 Å². The van der Waals surface area contributed by atoms with E-state index >= 15 is 0 Å². The Morgan fingerprint density at radius 3 is 2.39 bits per heavy atom. The first-order valence-corrected chi connectivity index (χ1v) is 10.2. The second-order valence-corrected chi connectivity index (χ2v) is 6.89. The van der Waals surface area contributed by atoms with E-state index in [9.17, 15) is 4.79 Å². The Morgan fingerprint density at radius 1 is 1.11 bits per heavy atom. The van der Waals surface area contributed by atoms with Crippen LogP contribution in [0.4, 0.5) is 0 Å². The van der Waals surface area contributed by atoms with Crippen LogP contribution in [0.25, 0.3) is 0 Å². The molecule has 28 heavy (non-hydrogen) atoms. The molecule has 0 aliphatic heterocycles. The molecule has 0 fully saturated rings. The van der Waals surface area contributed by atoms with Crippen molar-refractivity contribution in [3.05, 3.63) is 47.0 Å². The number of carbonyl (C=O) groups is 1. The molecule has 0 spiro atoms. The maximum Gasteiger partial charge on any atom is 0.253 e. The third-order valence-electron chi connectivity index (χ3n) is 5.06. The lowest BCUT2D eigenvalue weighted by atomic mass is 9.97. The third-order valence-corrected chi connectivity index (χ3v) is 5.06. The number of allylic oxidation sites excluding steroid dienone is 1. The second-order valence-electron chi connectivity index (χ2n) is 6.89. The summed E-state index contributed by atoms with van der Waals surface area (Å²) in [5.41, 5.74) is 3.44. The number of nitrogens with zero attached hydrogens (tertiary/aromatic N) is 2. The van der Waals surface area contributed by atoms with Gasteiger partial charge in [-0.15, -0.1) is 24.0 Å². The number of aliphatic imine (C=N–C) groups is 1. The fraction of sp³-hybridized carbons (Fsp3) is 0.545. The summed E-state index contributed by atoms with van der Waals surface area (Å²) in [6.45, 7) is 7.06. The van der Waals surface area contributed by atoms with Gasteiger partial charge in [-0.2, -0.15) is 0 Å². The maximum atomic E-state index is 12.4. The summed E-state index contributed by atoms with van der Waals surface area (Å²) in [6.07, 6.45) is 8.61. The molecule has 156 valence electrons. The van der Waals surface area contributed by atoms with Gasteiger partial charge in [0, 0.05) is 38.8 Å². The second kappa shape index (κ2) is 13.6. The summed E-state index contributed by atoms with van der Waals surface area (Å²) in [7, 11) is 1.79. The molecule has 0 bridgehead atoms. The van der Waals surface area contributed by atoms with Crippen molar-refractivity contribution in [2.45, 2.75) is 52.5 Å². The lowest BCUT2D eigenvalue weighted by molar-refractivity contribution is 0.0773. The monoisotopic (exact) mass is 498 g/mol. The van der Waals surface area contributed by atoms with E-state index in [1.807, 2.05) is 43.0 Å². The van der Waals surface area contributed by atoms with Crippen LogP contribution in [0, 0.1) is 0 Å². The van der Waals surface area contributed by atoms with Gasteiger partial charge in [0.1, 0.15) is 0 Å². The fourth-order valence-electron chi connectivity index (χ4n) is 3.34. The van der Waals surface area contributed by atoms with Crippen LogP contribution in [0.15, 0.2) is 40.9 Å². The highest BCUT2D eigenvalue weighted by molar-refractivity contribution is 14.0. The first kappa shape index (κ1) is 24.5. The minimum atomic E-state index is 0. The standard InChI is InChI=1S/C22H34N4O.HI/c1-4-26(5-2)21(27)20-13-11-19(12-14-20)17-25-22(23-3)24-16-15-18-9-7-6-8-10-18;/h9,11-14H,4-8,10,15-17H2,1-3H3,(H2,23,24,25);1H. The zero-order chi connectivity index (χ0) is 19.5. The fourth-order valence-corrected chi connectivity index (χ4v) is 3.34. The van der Waals surface area contributed by atoms with Crippen molar-refractivity contribution in [1.82, 2.24) is 15.5 Å². The van der Waals surface area contributed by atoms with Crippen LogP contribution in [0.5, 0.6) is 0 Å². The molecule has 1 aliphatic rings. The average molecular weight is 498 g/mol. The summed E-state index contributed by atoms with van der Waals surface area (Å²) in [5, 5.41) is 6.73. The maximum absolute atomic E-state index is 12.4. The van der Waals surface area contributed by atoms with E-state index < -0.39 is 0 Å². The van der Waals surface area contributed by atoms with E-state index in [4.69, 9.17) is 0 Å². The first-order chi connectivity index (χ1) is 13.2. The lowest BCUT2D eigenvalue weighted by Crippen LogP contribution is -2.37. The van der Waals surface area contributed by atoms with Crippen LogP contribution >= 0.6 is 24.0 Å². The Hall–Kier alpha value is -1.57. The highest BCUT2D eigenvalue weighted by Crippen LogP contribution is 2.19. The van der Waals surface area contributed by atoms with Crippen LogP contribution < -0.4 is 10.6 Å². The smallest absolute Gasteiger partial charge is 0.253 e. The molecule has 0 saturated carbocycles. The van der Waals surface area contributed by atoms with Crippen LogP contribution in [0.3, 0.4) is 0 Å². The van der Waals surface area contributed by atoms with Gasteiger partial charge in [0.15, 0.2) is 5.96 Å². The predicted molar refractivity (Wildman–Crippen MR) is 128 cm³/mol. The van der Waals surface area contributed by atoms with Crippen molar-refractivity contribution >= 4 is 35.8 Å². The van der Waals surface area contributed by atoms with Crippen molar-refractivity contribution in [2.24, 2.45) is 4.99 Å². The molecule has 0 aromatic heterocycles. The molecule has 0 saturated heterocycles. The number of amides is 1. The first-order valence-electron chi connectivity index (χ1n) is 10.2. The predicted octanol–water partition coefficient (Wildman–Crippen LogP) is 4.34. The van der Waals surface area contributed by atoms with Crippen molar-refractivity contribution in [1.29, 1.82) is 0 Å². The normalized spacial score (nSPS) is 14.0. The molecule has 0 unspecified atom stereocenters. The van der Waals surface area contributed by atoms with Crippen molar-refractivity contribution in [3.63, 3.8) is 0 Å². The Balaban J connectivity index is 0.00000392. The summed E-state index contributed by atoms with van der Waals surface area (Å²) in [4.78, 5) is 18.5. The van der Waals surface area contributed by atoms with Gasteiger partial charge >= 0.3 is 0 Å². The van der Waals surface area contributed by atoms with Gasteiger partial charge in [0.2, 0.25) is 0 Å². The summed E-state index contributed by atoms with van der Waals surface area (Å²) in [6, 6.07) is 7.82. The number of hydrogen-bond acceptors (Lipinski definition) is 2. The Kier molecular flexibility index (Phi) is 11.9. The molecule has 0 heterocycles. The van der Waals surface area contributed by atoms with Crippen molar-refractivity contribution in [3.8, 4) is 0 Å². The highest BCUT2D eigenvalue weighted by atomic mass is 127. The zero-order valence-electron chi connectivity index (χ0n) is 17.5.